The molecule has 19 heavy (non-hydrogen) atoms. The third-order valence-corrected chi connectivity index (χ3v) is 4.61. The highest BCUT2D eigenvalue weighted by molar-refractivity contribution is 5.65. The van der Waals surface area contributed by atoms with Crippen LogP contribution in [0.5, 0.6) is 0 Å². The molecule has 1 nitrogen and oxygen atoms in total. The van der Waals surface area contributed by atoms with Crippen LogP contribution >= 0.6 is 0 Å². The van der Waals surface area contributed by atoms with Crippen molar-refractivity contribution in [1.82, 2.24) is 0 Å². The summed E-state index contributed by atoms with van der Waals surface area (Å²) in [6.07, 6.45) is 3.41. The van der Waals surface area contributed by atoms with Crippen LogP contribution in [0.4, 0.5) is 0 Å². The first-order chi connectivity index (χ1) is 9.09. The fourth-order valence-electron chi connectivity index (χ4n) is 3.69. The van der Waals surface area contributed by atoms with Gasteiger partial charge in [-0.05, 0) is 54.0 Å². The second kappa shape index (κ2) is 4.48. The first kappa shape index (κ1) is 12.4. The van der Waals surface area contributed by atoms with E-state index in [0.29, 0.717) is 11.8 Å². The van der Waals surface area contributed by atoms with Crippen molar-refractivity contribution in [3.05, 3.63) is 53.2 Å². The van der Waals surface area contributed by atoms with Gasteiger partial charge in [-0.1, -0.05) is 19.9 Å². The minimum atomic E-state index is 0.693. The number of fused-ring (bicyclic) bond motifs is 1. The number of rotatable bonds is 1. The molecule has 0 N–H and O–H groups in total. The maximum Gasteiger partial charge on any atom is 0.212 e. The van der Waals surface area contributed by atoms with Gasteiger partial charge in [0.05, 0.1) is 0 Å². The van der Waals surface area contributed by atoms with E-state index in [1.165, 1.54) is 23.2 Å². The van der Waals surface area contributed by atoms with E-state index in [2.05, 4.69) is 68.9 Å². The molecule has 2 unspecified atom stereocenters. The quantitative estimate of drug-likeness (QED) is 0.673. The molecule has 0 aliphatic heterocycles. The summed E-state index contributed by atoms with van der Waals surface area (Å²) in [6, 6.07) is 11.1. The van der Waals surface area contributed by atoms with Crippen molar-refractivity contribution in [2.24, 2.45) is 7.05 Å². The van der Waals surface area contributed by atoms with E-state index in [-0.39, 0.29) is 0 Å². The van der Waals surface area contributed by atoms with Crippen molar-refractivity contribution in [1.29, 1.82) is 0 Å². The van der Waals surface area contributed by atoms with Crippen molar-refractivity contribution in [3.8, 4) is 11.3 Å². The monoisotopic (exact) mass is 252 g/mol. The fraction of sp³-hybridized carbons (Fsp3) is 0.389. The molecule has 1 aromatic carbocycles. The molecule has 0 radical (unpaired) electrons. The van der Waals surface area contributed by atoms with Gasteiger partial charge in [-0.3, -0.25) is 0 Å². The van der Waals surface area contributed by atoms with Crippen LogP contribution in [0.15, 0.2) is 36.5 Å². The highest BCUT2D eigenvalue weighted by Crippen LogP contribution is 2.44. The Kier molecular flexibility index (Phi) is 2.93. The van der Waals surface area contributed by atoms with E-state index >= 15 is 0 Å². The van der Waals surface area contributed by atoms with Crippen molar-refractivity contribution in [3.63, 3.8) is 0 Å². The van der Waals surface area contributed by atoms with Gasteiger partial charge >= 0.3 is 0 Å². The zero-order valence-electron chi connectivity index (χ0n) is 12.3. The van der Waals surface area contributed by atoms with Gasteiger partial charge in [-0.15, -0.1) is 0 Å². The Morgan fingerprint density at radius 2 is 1.84 bits per heavy atom. The Morgan fingerprint density at radius 1 is 1.05 bits per heavy atom. The number of hydrogen-bond acceptors (Lipinski definition) is 0. The molecule has 1 aliphatic rings. The molecular formula is C18H22N+. The molecule has 2 atom stereocenters. The minimum Gasteiger partial charge on any atom is -0.201 e. The lowest BCUT2D eigenvalue weighted by atomic mass is 9.92. The first-order valence-corrected chi connectivity index (χ1v) is 7.18. The van der Waals surface area contributed by atoms with Gasteiger partial charge in [0.15, 0.2) is 6.20 Å². The summed E-state index contributed by atoms with van der Waals surface area (Å²) < 4.78 is 2.21. The van der Waals surface area contributed by atoms with Crippen molar-refractivity contribution < 1.29 is 4.57 Å². The first-order valence-electron chi connectivity index (χ1n) is 7.18. The smallest absolute Gasteiger partial charge is 0.201 e. The molecule has 0 amide bonds. The van der Waals surface area contributed by atoms with Crippen LogP contribution in [0.1, 0.15) is 48.8 Å². The Balaban J connectivity index is 2.21. The third kappa shape index (κ3) is 1.88. The molecule has 2 aromatic rings. The number of aromatic nitrogens is 1. The molecule has 1 aliphatic carbocycles. The van der Waals surface area contributed by atoms with E-state index in [1.54, 1.807) is 11.1 Å². The predicted octanol–water partition coefficient (Wildman–Crippen LogP) is 4.10. The third-order valence-electron chi connectivity index (χ3n) is 4.61. The summed E-state index contributed by atoms with van der Waals surface area (Å²) in [6.45, 7) is 7.00. The van der Waals surface area contributed by atoms with E-state index in [4.69, 9.17) is 0 Å². The Hall–Kier alpha value is -1.63. The molecule has 1 heterocycles. The fourth-order valence-corrected chi connectivity index (χ4v) is 3.69. The largest absolute Gasteiger partial charge is 0.212 e. The van der Waals surface area contributed by atoms with Gasteiger partial charge in [0.25, 0.3) is 0 Å². The zero-order valence-corrected chi connectivity index (χ0v) is 12.3. The molecule has 98 valence electrons. The van der Waals surface area contributed by atoms with Crippen molar-refractivity contribution in [2.75, 3.05) is 0 Å². The lowest BCUT2D eigenvalue weighted by molar-refractivity contribution is -0.660. The molecule has 1 heteroatoms. The lowest BCUT2D eigenvalue weighted by Crippen LogP contribution is -2.30. The summed E-state index contributed by atoms with van der Waals surface area (Å²) in [5.41, 5.74) is 7.30. The van der Waals surface area contributed by atoms with Gasteiger partial charge in [-0.25, -0.2) is 4.57 Å². The second-order valence-corrected chi connectivity index (χ2v) is 5.98. The van der Waals surface area contributed by atoms with Gasteiger partial charge in [0.2, 0.25) is 5.69 Å². The molecular weight excluding hydrogens is 230 g/mol. The summed E-state index contributed by atoms with van der Waals surface area (Å²) in [7, 11) is 2.12. The molecule has 0 spiro atoms. The lowest BCUT2D eigenvalue weighted by Gasteiger charge is -2.13. The normalized spacial score (nSPS) is 21.5. The molecule has 3 rings (SSSR count). The Bertz CT molecular complexity index is 628. The van der Waals surface area contributed by atoms with Crippen LogP contribution < -0.4 is 4.57 Å². The average molecular weight is 252 g/mol. The number of benzene rings is 1. The summed E-state index contributed by atoms with van der Waals surface area (Å²) in [5, 5.41) is 0. The molecule has 0 saturated carbocycles. The van der Waals surface area contributed by atoms with E-state index in [0.717, 1.165) is 0 Å². The number of nitrogens with zero attached hydrogens (tertiary/aromatic N) is 1. The van der Waals surface area contributed by atoms with Crippen LogP contribution in [0.2, 0.25) is 0 Å². The molecule has 0 saturated heterocycles. The van der Waals surface area contributed by atoms with Gasteiger partial charge < -0.3 is 0 Å². The van der Waals surface area contributed by atoms with Gasteiger partial charge in [0.1, 0.15) is 7.05 Å². The highest BCUT2D eigenvalue weighted by atomic mass is 14.9. The van der Waals surface area contributed by atoms with E-state index in [1.807, 2.05) is 0 Å². The number of hydrogen-bond donors (Lipinski definition) is 0. The standard InChI is InChI=1S/C18H22N/c1-12-11-13(2)18-14(3)16(9-8-15(12)18)17-7-5-6-10-19(17)4/h5-10,12-13H,11H2,1-4H3/q+1. The molecule has 0 bridgehead atoms. The minimum absolute atomic E-state index is 0.693. The van der Waals surface area contributed by atoms with Crippen molar-refractivity contribution in [2.45, 2.75) is 39.0 Å². The Labute approximate surface area is 115 Å². The number of pyridine rings is 1. The van der Waals surface area contributed by atoms with Gasteiger partial charge in [0, 0.05) is 17.7 Å². The zero-order chi connectivity index (χ0) is 13.6. The maximum atomic E-state index is 2.37. The summed E-state index contributed by atoms with van der Waals surface area (Å²) in [5.74, 6) is 1.40. The van der Waals surface area contributed by atoms with Crippen LogP contribution in [0, 0.1) is 6.92 Å². The molecule has 0 fully saturated rings. The van der Waals surface area contributed by atoms with Gasteiger partial charge in [-0.2, -0.15) is 0 Å². The Morgan fingerprint density at radius 3 is 2.58 bits per heavy atom. The predicted molar refractivity (Wildman–Crippen MR) is 79.2 cm³/mol. The van der Waals surface area contributed by atoms with Crippen LogP contribution in [-0.2, 0) is 7.05 Å². The molecule has 1 aromatic heterocycles. The SMILES string of the molecule is Cc1c(-c2cccc[n+]2C)ccc2c1C(C)CC2C. The maximum absolute atomic E-state index is 2.37. The van der Waals surface area contributed by atoms with Crippen LogP contribution in [0.25, 0.3) is 11.3 Å². The summed E-state index contributed by atoms with van der Waals surface area (Å²) >= 11 is 0. The van der Waals surface area contributed by atoms with Crippen molar-refractivity contribution >= 4 is 0 Å². The van der Waals surface area contributed by atoms with Crippen LogP contribution in [0.3, 0.4) is 0 Å². The second-order valence-electron chi connectivity index (χ2n) is 5.98. The van der Waals surface area contributed by atoms with E-state index in [9.17, 15) is 0 Å². The topological polar surface area (TPSA) is 3.88 Å². The van der Waals surface area contributed by atoms with E-state index < -0.39 is 0 Å². The number of aryl methyl sites for hydroxylation is 1. The summed E-state index contributed by atoms with van der Waals surface area (Å²) in [4.78, 5) is 0. The average Bonchev–Trinajstić information content (AvgIpc) is 2.67. The highest BCUT2D eigenvalue weighted by Gasteiger charge is 2.28. The van der Waals surface area contributed by atoms with Crippen LogP contribution in [-0.4, -0.2) is 0 Å².